The average molecular weight is 257 g/mol. The number of aryl methyl sites for hydroxylation is 1. The van der Waals surface area contributed by atoms with Crippen molar-refractivity contribution in [2.45, 2.75) is 25.8 Å². The number of rotatable bonds is 5. The van der Waals surface area contributed by atoms with Gasteiger partial charge in [-0.2, -0.15) is 0 Å². The summed E-state index contributed by atoms with van der Waals surface area (Å²) in [6, 6.07) is 7.79. The van der Waals surface area contributed by atoms with Crippen LogP contribution in [-0.2, 0) is 12.8 Å². The molecule has 19 heavy (non-hydrogen) atoms. The van der Waals surface area contributed by atoms with E-state index in [2.05, 4.69) is 28.4 Å². The van der Waals surface area contributed by atoms with Gasteiger partial charge >= 0.3 is 0 Å². The molecular weight excluding hydrogens is 238 g/mol. The second-order valence-corrected chi connectivity index (χ2v) is 4.41. The zero-order valence-corrected chi connectivity index (χ0v) is 11.0. The van der Waals surface area contributed by atoms with Crippen LogP contribution in [-0.4, -0.2) is 9.97 Å². The van der Waals surface area contributed by atoms with Crippen LogP contribution in [0.15, 0.2) is 36.7 Å². The molecule has 5 nitrogen and oxygen atoms in total. The summed E-state index contributed by atoms with van der Waals surface area (Å²) in [5, 5.41) is 0. The summed E-state index contributed by atoms with van der Waals surface area (Å²) in [6.07, 6.45) is 5.16. The van der Waals surface area contributed by atoms with Crippen LogP contribution in [0.25, 0.3) is 0 Å². The Labute approximate surface area is 113 Å². The summed E-state index contributed by atoms with van der Waals surface area (Å²) in [7, 11) is 0. The number of anilines is 1. The van der Waals surface area contributed by atoms with E-state index in [4.69, 9.17) is 11.6 Å². The first kappa shape index (κ1) is 13.5. The quantitative estimate of drug-likeness (QED) is 0.556. The largest absolute Gasteiger partial charge is 0.384 e. The number of nitrogens with two attached hydrogens (primary N) is 2. The van der Waals surface area contributed by atoms with Crippen molar-refractivity contribution < 1.29 is 0 Å². The Hall–Kier alpha value is -1.98. The molecule has 2 aromatic heterocycles. The van der Waals surface area contributed by atoms with E-state index in [9.17, 15) is 0 Å². The number of hydrogen-bond acceptors (Lipinski definition) is 5. The lowest BCUT2D eigenvalue weighted by atomic mass is 9.99. The van der Waals surface area contributed by atoms with Gasteiger partial charge in [0.15, 0.2) is 0 Å². The minimum absolute atomic E-state index is 0.0297. The summed E-state index contributed by atoms with van der Waals surface area (Å²) in [4.78, 5) is 8.44. The van der Waals surface area contributed by atoms with Crippen LogP contribution in [0.1, 0.15) is 29.8 Å². The lowest BCUT2D eigenvalue weighted by Crippen LogP contribution is -2.31. The zero-order chi connectivity index (χ0) is 13.7. The standard InChI is InChI=1S/C14H19N5/c1-2-11-4-3-6-18-14(11)12(19-16)8-10-5-7-17-13(15)9-10/h3-7,9,12,19H,2,8,16H2,1H3,(H2,15,17). The predicted molar refractivity (Wildman–Crippen MR) is 76.0 cm³/mol. The monoisotopic (exact) mass is 257 g/mol. The molecule has 0 aromatic carbocycles. The fourth-order valence-corrected chi connectivity index (χ4v) is 2.16. The van der Waals surface area contributed by atoms with Crippen LogP contribution in [0.5, 0.6) is 0 Å². The van der Waals surface area contributed by atoms with Gasteiger partial charge in [-0.1, -0.05) is 13.0 Å². The van der Waals surface area contributed by atoms with E-state index in [1.54, 1.807) is 12.4 Å². The summed E-state index contributed by atoms with van der Waals surface area (Å²) >= 11 is 0. The van der Waals surface area contributed by atoms with Gasteiger partial charge in [0.1, 0.15) is 5.82 Å². The van der Waals surface area contributed by atoms with Crippen molar-refractivity contribution in [1.29, 1.82) is 0 Å². The third kappa shape index (κ3) is 3.27. The highest BCUT2D eigenvalue weighted by atomic mass is 15.2. The van der Waals surface area contributed by atoms with Crippen LogP contribution >= 0.6 is 0 Å². The molecule has 0 amide bonds. The Morgan fingerprint density at radius 1 is 1.26 bits per heavy atom. The maximum absolute atomic E-state index is 5.69. The highest BCUT2D eigenvalue weighted by Crippen LogP contribution is 2.20. The molecular formula is C14H19N5. The fraction of sp³-hybridized carbons (Fsp3) is 0.286. The molecule has 0 radical (unpaired) electrons. The van der Waals surface area contributed by atoms with Crippen LogP contribution in [0.4, 0.5) is 5.82 Å². The molecule has 0 saturated heterocycles. The van der Waals surface area contributed by atoms with Crippen molar-refractivity contribution in [2.24, 2.45) is 5.84 Å². The summed E-state index contributed by atoms with van der Waals surface area (Å²) in [6.45, 7) is 2.11. The number of aromatic nitrogens is 2. The van der Waals surface area contributed by atoms with Crippen LogP contribution in [0.2, 0.25) is 0 Å². The maximum atomic E-state index is 5.69. The molecule has 0 bridgehead atoms. The Bertz CT molecular complexity index is 541. The first-order valence-electron chi connectivity index (χ1n) is 6.35. The summed E-state index contributed by atoms with van der Waals surface area (Å²) < 4.78 is 0. The van der Waals surface area contributed by atoms with Crippen molar-refractivity contribution in [1.82, 2.24) is 15.4 Å². The van der Waals surface area contributed by atoms with Gasteiger partial charge < -0.3 is 5.73 Å². The molecule has 5 heteroatoms. The lowest BCUT2D eigenvalue weighted by Gasteiger charge is -2.18. The molecule has 2 aromatic rings. The van der Waals surface area contributed by atoms with Crippen LogP contribution in [0, 0.1) is 0 Å². The van der Waals surface area contributed by atoms with E-state index in [0.717, 1.165) is 24.1 Å². The number of nitrogens with one attached hydrogen (secondary N) is 1. The minimum atomic E-state index is -0.0297. The van der Waals surface area contributed by atoms with Gasteiger partial charge in [-0.05, 0) is 42.2 Å². The zero-order valence-electron chi connectivity index (χ0n) is 11.0. The van der Waals surface area contributed by atoms with Gasteiger partial charge in [-0.3, -0.25) is 16.3 Å². The van der Waals surface area contributed by atoms with Crippen LogP contribution < -0.4 is 17.0 Å². The Balaban J connectivity index is 2.25. The van der Waals surface area contributed by atoms with Gasteiger partial charge in [-0.15, -0.1) is 0 Å². The summed E-state index contributed by atoms with van der Waals surface area (Å²) in [5.74, 6) is 6.20. The molecule has 0 aliphatic heterocycles. The first-order chi connectivity index (χ1) is 9.24. The summed E-state index contributed by atoms with van der Waals surface area (Å²) in [5.41, 5.74) is 11.8. The van der Waals surface area contributed by atoms with Gasteiger partial charge in [0.05, 0.1) is 11.7 Å². The molecule has 0 aliphatic carbocycles. The van der Waals surface area contributed by atoms with Crippen molar-refractivity contribution >= 4 is 5.82 Å². The Morgan fingerprint density at radius 2 is 2.11 bits per heavy atom. The number of pyridine rings is 2. The second kappa shape index (κ2) is 6.26. The Kier molecular flexibility index (Phi) is 4.43. The molecule has 1 atom stereocenters. The van der Waals surface area contributed by atoms with E-state index in [1.165, 1.54) is 5.56 Å². The van der Waals surface area contributed by atoms with Gasteiger partial charge in [0.2, 0.25) is 0 Å². The van der Waals surface area contributed by atoms with E-state index < -0.39 is 0 Å². The van der Waals surface area contributed by atoms with Crippen molar-refractivity contribution in [3.63, 3.8) is 0 Å². The van der Waals surface area contributed by atoms with Crippen molar-refractivity contribution in [3.8, 4) is 0 Å². The van der Waals surface area contributed by atoms with E-state index in [1.807, 2.05) is 18.2 Å². The van der Waals surface area contributed by atoms with Gasteiger partial charge in [0, 0.05) is 12.4 Å². The normalized spacial score (nSPS) is 12.3. The molecule has 0 aliphatic rings. The SMILES string of the molecule is CCc1cccnc1C(Cc1ccnc(N)c1)NN. The molecule has 0 spiro atoms. The smallest absolute Gasteiger partial charge is 0.123 e. The molecule has 5 N–H and O–H groups in total. The minimum Gasteiger partial charge on any atom is -0.384 e. The van der Waals surface area contributed by atoms with E-state index in [0.29, 0.717) is 5.82 Å². The van der Waals surface area contributed by atoms with E-state index >= 15 is 0 Å². The Morgan fingerprint density at radius 3 is 2.79 bits per heavy atom. The molecule has 1 unspecified atom stereocenters. The first-order valence-corrected chi connectivity index (χ1v) is 6.35. The molecule has 0 fully saturated rings. The predicted octanol–water partition coefficient (Wildman–Crippen LogP) is 1.37. The lowest BCUT2D eigenvalue weighted by molar-refractivity contribution is 0.533. The van der Waals surface area contributed by atoms with Gasteiger partial charge in [0.25, 0.3) is 0 Å². The van der Waals surface area contributed by atoms with E-state index in [-0.39, 0.29) is 6.04 Å². The third-order valence-electron chi connectivity index (χ3n) is 3.12. The van der Waals surface area contributed by atoms with Gasteiger partial charge in [-0.25, -0.2) is 4.98 Å². The fourth-order valence-electron chi connectivity index (χ4n) is 2.16. The third-order valence-corrected chi connectivity index (χ3v) is 3.12. The molecule has 2 rings (SSSR count). The molecule has 2 heterocycles. The number of nitrogens with zero attached hydrogens (tertiary/aromatic N) is 2. The average Bonchev–Trinajstić information content (AvgIpc) is 2.45. The highest BCUT2D eigenvalue weighted by molar-refractivity contribution is 5.33. The highest BCUT2D eigenvalue weighted by Gasteiger charge is 2.15. The van der Waals surface area contributed by atoms with Crippen LogP contribution in [0.3, 0.4) is 0 Å². The maximum Gasteiger partial charge on any atom is 0.123 e. The number of hydrazine groups is 1. The van der Waals surface area contributed by atoms with Crippen molar-refractivity contribution in [3.05, 3.63) is 53.5 Å². The van der Waals surface area contributed by atoms with Crippen molar-refractivity contribution in [2.75, 3.05) is 5.73 Å². The molecule has 0 saturated carbocycles. The second-order valence-electron chi connectivity index (χ2n) is 4.41. The number of hydrogen-bond donors (Lipinski definition) is 3. The molecule has 100 valence electrons. The topological polar surface area (TPSA) is 89.8 Å². The number of nitrogen functional groups attached to an aromatic ring is 1.